The van der Waals surface area contributed by atoms with Crippen LogP contribution in [-0.2, 0) is 0 Å². The average Bonchev–Trinajstić information content (AvgIpc) is 2.29. The zero-order valence-electron chi connectivity index (χ0n) is 8.85. The van der Waals surface area contributed by atoms with Crippen LogP contribution < -0.4 is 0 Å². The van der Waals surface area contributed by atoms with Crippen LogP contribution in [0.2, 0.25) is 10.0 Å². The molecule has 0 aliphatic carbocycles. The second-order valence-electron chi connectivity index (χ2n) is 3.64. The molecule has 0 saturated heterocycles. The Labute approximate surface area is 112 Å². The molecule has 18 heavy (non-hydrogen) atoms. The van der Waals surface area contributed by atoms with E-state index in [1.807, 2.05) is 0 Å². The molecule has 0 saturated carbocycles. The Morgan fingerprint density at radius 2 is 0.889 bits per heavy atom. The molecule has 2 rings (SSSR count). The minimum atomic E-state index is -0.252. The van der Waals surface area contributed by atoms with E-state index in [0.29, 0.717) is 0 Å². The molecule has 4 nitrogen and oxygen atoms in total. The highest BCUT2D eigenvalue weighted by Gasteiger charge is 2.15. The third-order valence-electron chi connectivity index (χ3n) is 2.42. The van der Waals surface area contributed by atoms with Crippen molar-refractivity contribution in [1.29, 1.82) is 0 Å². The number of halogens is 2. The lowest BCUT2D eigenvalue weighted by Crippen LogP contribution is -1.83. The number of aromatic hydroxyl groups is 4. The second kappa shape index (κ2) is 4.48. The molecule has 4 N–H and O–H groups in total. The van der Waals surface area contributed by atoms with E-state index in [2.05, 4.69) is 0 Å². The summed E-state index contributed by atoms with van der Waals surface area (Å²) in [5.41, 5.74) is 0.253. The van der Waals surface area contributed by atoms with Crippen LogP contribution in [0.1, 0.15) is 0 Å². The molecular weight excluding hydrogens is 279 g/mol. The van der Waals surface area contributed by atoms with E-state index < -0.39 is 0 Å². The molecule has 94 valence electrons. The van der Waals surface area contributed by atoms with E-state index in [1.54, 1.807) is 0 Å². The largest absolute Gasteiger partial charge is 0.507 e. The minimum absolute atomic E-state index is 0.0195. The molecule has 0 radical (unpaired) electrons. The summed E-state index contributed by atoms with van der Waals surface area (Å²) >= 11 is 11.3. The standard InChI is InChI=1S/C12H8Cl2O4/c13-7-3-9(15)5(1-11(7)17)6-2-12(18)8(14)4-10(6)16/h1-4,15-18H. The van der Waals surface area contributed by atoms with Crippen molar-refractivity contribution in [1.82, 2.24) is 0 Å². The summed E-state index contributed by atoms with van der Waals surface area (Å²) in [7, 11) is 0. The van der Waals surface area contributed by atoms with Gasteiger partial charge in [-0.2, -0.15) is 0 Å². The Hall–Kier alpha value is -1.78. The van der Waals surface area contributed by atoms with Crippen molar-refractivity contribution in [2.24, 2.45) is 0 Å². The minimum Gasteiger partial charge on any atom is -0.507 e. The van der Waals surface area contributed by atoms with Crippen molar-refractivity contribution in [2.45, 2.75) is 0 Å². The fraction of sp³-hybridized carbons (Fsp3) is 0. The molecule has 0 aliphatic heterocycles. The van der Waals surface area contributed by atoms with Gasteiger partial charge < -0.3 is 20.4 Å². The van der Waals surface area contributed by atoms with Gasteiger partial charge in [0.2, 0.25) is 0 Å². The van der Waals surface area contributed by atoms with Gasteiger partial charge in [-0.25, -0.2) is 0 Å². The quantitative estimate of drug-likeness (QED) is 0.605. The van der Waals surface area contributed by atoms with Crippen LogP contribution in [0.3, 0.4) is 0 Å². The molecule has 0 aliphatic rings. The summed E-state index contributed by atoms with van der Waals surface area (Å²) < 4.78 is 0. The number of phenols is 4. The van der Waals surface area contributed by atoms with Crippen molar-refractivity contribution < 1.29 is 20.4 Å². The first kappa shape index (κ1) is 12.7. The zero-order chi connectivity index (χ0) is 13.4. The van der Waals surface area contributed by atoms with Crippen LogP contribution in [0.25, 0.3) is 11.1 Å². The Morgan fingerprint density at radius 3 is 1.22 bits per heavy atom. The first-order valence-corrected chi connectivity index (χ1v) is 5.59. The highest BCUT2D eigenvalue weighted by molar-refractivity contribution is 6.32. The number of benzene rings is 2. The van der Waals surface area contributed by atoms with E-state index >= 15 is 0 Å². The van der Waals surface area contributed by atoms with Crippen LogP contribution >= 0.6 is 23.2 Å². The highest BCUT2D eigenvalue weighted by atomic mass is 35.5. The molecule has 0 unspecified atom stereocenters. The summed E-state index contributed by atoms with van der Waals surface area (Å²) in [4.78, 5) is 0. The maximum Gasteiger partial charge on any atom is 0.135 e. The van der Waals surface area contributed by atoms with Crippen LogP contribution in [0.4, 0.5) is 0 Å². The topological polar surface area (TPSA) is 80.9 Å². The first-order valence-electron chi connectivity index (χ1n) is 4.83. The van der Waals surface area contributed by atoms with Crippen molar-refractivity contribution in [3.8, 4) is 34.1 Å². The Balaban J connectivity index is 2.69. The molecule has 0 amide bonds. The Bertz CT molecular complexity index is 570. The Morgan fingerprint density at radius 1 is 0.556 bits per heavy atom. The molecule has 2 aromatic rings. The third-order valence-corrected chi connectivity index (χ3v) is 3.03. The van der Waals surface area contributed by atoms with Gasteiger partial charge in [0.25, 0.3) is 0 Å². The maximum atomic E-state index is 9.73. The van der Waals surface area contributed by atoms with Gasteiger partial charge in [-0.15, -0.1) is 0 Å². The second-order valence-corrected chi connectivity index (χ2v) is 4.46. The van der Waals surface area contributed by atoms with Gasteiger partial charge in [-0.05, 0) is 12.1 Å². The fourth-order valence-corrected chi connectivity index (χ4v) is 1.85. The summed E-state index contributed by atoms with van der Waals surface area (Å²) in [6.07, 6.45) is 0. The van der Waals surface area contributed by atoms with Crippen molar-refractivity contribution in [2.75, 3.05) is 0 Å². The summed E-state index contributed by atoms with van der Waals surface area (Å²) in [5, 5.41) is 38.4. The van der Waals surface area contributed by atoms with Crippen LogP contribution in [0, 0.1) is 0 Å². The predicted octanol–water partition coefficient (Wildman–Crippen LogP) is 3.48. The molecular formula is C12H8Cl2O4. The van der Waals surface area contributed by atoms with Gasteiger partial charge in [0.15, 0.2) is 0 Å². The zero-order valence-corrected chi connectivity index (χ0v) is 10.4. The van der Waals surface area contributed by atoms with Crippen LogP contribution in [-0.4, -0.2) is 20.4 Å². The summed E-state index contributed by atoms with van der Waals surface area (Å²) in [6.45, 7) is 0. The van der Waals surface area contributed by atoms with Crippen LogP contribution in [0.15, 0.2) is 24.3 Å². The SMILES string of the molecule is Oc1cc(-c2cc(O)c(Cl)cc2O)c(O)cc1Cl. The lowest BCUT2D eigenvalue weighted by atomic mass is 10.0. The molecule has 0 bridgehead atoms. The number of hydrogen-bond donors (Lipinski definition) is 4. The lowest BCUT2D eigenvalue weighted by molar-refractivity contribution is 0.455. The molecule has 0 aromatic heterocycles. The van der Waals surface area contributed by atoms with E-state index in [4.69, 9.17) is 23.2 Å². The average molecular weight is 287 g/mol. The van der Waals surface area contributed by atoms with E-state index in [-0.39, 0.29) is 44.2 Å². The molecule has 2 aromatic carbocycles. The van der Waals surface area contributed by atoms with Gasteiger partial charge in [0, 0.05) is 23.3 Å². The molecule has 0 heterocycles. The molecule has 0 atom stereocenters. The van der Waals surface area contributed by atoms with E-state index in [0.717, 1.165) is 12.1 Å². The Kier molecular flexibility index (Phi) is 3.15. The summed E-state index contributed by atoms with van der Waals surface area (Å²) in [6, 6.07) is 4.63. The fourth-order valence-electron chi connectivity index (χ4n) is 1.53. The van der Waals surface area contributed by atoms with Gasteiger partial charge in [0.05, 0.1) is 10.0 Å². The number of phenolic OH excluding ortho intramolecular Hbond substituents is 4. The number of rotatable bonds is 1. The maximum absolute atomic E-state index is 9.73. The molecule has 0 fully saturated rings. The van der Waals surface area contributed by atoms with Crippen molar-refractivity contribution >= 4 is 23.2 Å². The van der Waals surface area contributed by atoms with E-state index in [1.165, 1.54) is 12.1 Å². The van der Waals surface area contributed by atoms with Gasteiger partial charge in [0.1, 0.15) is 23.0 Å². The molecule has 6 heteroatoms. The van der Waals surface area contributed by atoms with Gasteiger partial charge in [-0.3, -0.25) is 0 Å². The van der Waals surface area contributed by atoms with Crippen molar-refractivity contribution in [3.63, 3.8) is 0 Å². The third kappa shape index (κ3) is 2.12. The smallest absolute Gasteiger partial charge is 0.135 e. The van der Waals surface area contributed by atoms with E-state index in [9.17, 15) is 20.4 Å². The summed E-state index contributed by atoms with van der Waals surface area (Å²) in [5.74, 6) is -0.985. The highest BCUT2D eigenvalue weighted by Crippen LogP contribution is 2.43. The molecule has 0 spiro atoms. The predicted molar refractivity (Wildman–Crippen MR) is 68.6 cm³/mol. The van der Waals surface area contributed by atoms with Gasteiger partial charge in [-0.1, -0.05) is 23.2 Å². The van der Waals surface area contributed by atoms with Crippen molar-refractivity contribution in [3.05, 3.63) is 34.3 Å². The normalized spacial score (nSPS) is 10.6. The first-order chi connectivity index (χ1) is 8.40. The number of hydrogen-bond acceptors (Lipinski definition) is 4. The monoisotopic (exact) mass is 286 g/mol. The lowest BCUT2D eigenvalue weighted by Gasteiger charge is -2.10. The van der Waals surface area contributed by atoms with Crippen LogP contribution in [0.5, 0.6) is 23.0 Å². The van der Waals surface area contributed by atoms with Gasteiger partial charge >= 0.3 is 0 Å².